The fraction of sp³-hybridized carbons (Fsp3) is 1.00. The standard InChI is InChI=1S/CH5O4P.Li.Mn.H/c1-5-6(2,3)4;;;/h1H3,(H2,2,3,4);;;/q;+1;;-1. The fourth-order valence-electron chi connectivity index (χ4n) is 0. The van der Waals surface area contributed by atoms with E-state index in [2.05, 4.69) is 4.52 Å². The van der Waals surface area contributed by atoms with Gasteiger partial charge in [-0.2, -0.15) is 0 Å². The molecule has 0 saturated carbocycles. The molecule has 0 unspecified atom stereocenters. The second-order valence-corrected chi connectivity index (χ2v) is 2.02. The molecule has 0 amide bonds. The van der Waals surface area contributed by atoms with E-state index in [1.54, 1.807) is 0 Å². The molecule has 2 N–H and O–H groups in total. The first kappa shape index (κ1) is 16.1. The van der Waals surface area contributed by atoms with Gasteiger partial charge in [-0.1, -0.05) is 0 Å². The minimum atomic E-state index is -4.15. The van der Waals surface area contributed by atoms with E-state index < -0.39 is 7.82 Å². The largest absolute Gasteiger partial charge is 1.00 e. The topological polar surface area (TPSA) is 66.8 Å². The summed E-state index contributed by atoms with van der Waals surface area (Å²) in [6.45, 7) is 0. The van der Waals surface area contributed by atoms with Crippen molar-refractivity contribution in [1.82, 2.24) is 0 Å². The van der Waals surface area contributed by atoms with E-state index in [1.165, 1.54) is 0 Å². The van der Waals surface area contributed by atoms with Crippen LogP contribution in [-0.2, 0) is 26.2 Å². The number of phosphoric acid groups is 1. The van der Waals surface area contributed by atoms with Crippen molar-refractivity contribution in [3.63, 3.8) is 0 Å². The van der Waals surface area contributed by atoms with Crippen LogP contribution >= 0.6 is 7.82 Å². The minimum absolute atomic E-state index is 0. The van der Waals surface area contributed by atoms with Crippen molar-refractivity contribution < 1.29 is 56.2 Å². The molecule has 8 heavy (non-hydrogen) atoms. The first-order valence-corrected chi connectivity index (χ1v) is 2.70. The van der Waals surface area contributed by atoms with Crippen LogP contribution in [0.5, 0.6) is 0 Å². The summed E-state index contributed by atoms with van der Waals surface area (Å²) >= 11 is 0. The molecule has 47 valence electrons. The van der Waals surface area contributed by atoms with Crippen LogP contribution in [0.4, 0.5) is 0 Å². The molecular weight excluding hydrogens is 169 g/mol. The van der Waals surface area contributed by atoms with Crippen molar-refractivity contribution in [2.75, 3.05) is 7.11 Å². The number of rotatable bonds is 1. The van der Waals surface area contributed by atoms with E-state index in [-0.39, 0.29) is 37.4 Å². The van der Waals surface area contributed by atoms with Gasteiger partial charge in [-0.05, 0) is 0 Å². The smallest absolute Gasteiger partial charge is 1.00 e. The van der Waals surface area contributed by atoms with Crippen molar-refractivity contribution in [2.45, 2.75) is 0 Å². The fourth-order valence-corrected chi connectivity index (χ4v) is 0. The van der Waals surface area contributed by atoms with Gasteiger partial charge in [0.15, 0.2) is 0 Å². The van der Waals surface area contributed by atoms with Crippen LogP contribution in [0.25, 0.3) is 0 Å². The molecule has 0 bridgehead atoms. The Balaban J connectivity index is -0.0000000417. The van der Waals surface area contributed by atoms with Gasteiger partial charge in [-0.15, -0.1) is 0 Å². The van der Waals surface area contributed by atoms with Crippen LogP contribution in [0.2, 0.25) is 0 Å². The van der Waals surface area contributed by atoms with Crippen molar-refractivity contribution >= 4 is 7.82 Å². The van der Waals surface area contributed by atoms with Crippen LogP contribution in [0.1, 0.15) is 1.43 Å². The first-order valence-electron chi connectivity index (χ1n) is 1.17. The first-order chi connectivity index (χ1) is 2.56. The zero-order valence-electron chi connectivity index (χ0n) is 5.54. The van der Waals surface area contributed by atoms with E-state index in [1.807, 2.05) is 0 Å². The molecular formula is CH6LiMnO4P. The average Bonchev–Trinajstić information content (AvgIpc) is 1.35. The zero-order valence-corrected chi connectivity index (χ0v) is 6.61. The van der Waals surface area contributed by atoms with Gasteiger partial charge in [-0.25, -0.2) is 4.57 Å². The summed E-state index contributed by atoms with van der Waals surface area (Å²) in [5, 5.41) is 0. The Morgan fingerprint density at radius 1 is 1.62 bits per heavy atom. The Labute approximate surface area is 71.4 Å². The Kier molecular flexibility index (Phi) is 12.8. The Bertz CT molecular complexity index is 84.6. The van der Waals surface area contributed by atoms with Crippen molar-refractivity contribution in [3.05, 3.63) is 0 Å². The van der Waals surface area contributed by atoms with Crippen molar-refractivity contribution in [2.24, 2.45) is 0 Å². The molecule has 0 saturated heterocycles. The zero-order chi connectivity index (χ0) is 5.21. The third kappa shape index (κ3) is 15.7. The number of phosphoric ester groups is 1. The molecule has 0 heterocycles. The molecule has 0 rings (SSSR count). The summed E-state index contributed by atoms with van der Waals surface area (Å²) < 4.78 is 13.1. The van der Waals surface area contributed by atoms with Crippen LogP contribution in [0, 0.1) is 0 Å². The molecule has 4 nitrogen and oxygen atoms in total. The van der Waals surface area contributed by atoms with Crippen LogP contribution in [0.15, 0.2) is 0 Å². The number of hydrogen-bond acceptors (Lipinski definition) is 2. The quantitative estimate of drug-likeness (QED) is 0.326. The minimum Gasteiger partial charge on any atom is -1.00 e. The molecule has 0 aliphatic carbocycles. The molecule has 0 atom stereocenters. The maximum absolute atomic E-state index is 9.47. The predicted molar refractivity (Wildman–Crippen MR) is 20.2 cm³/mol. The van der Waals surface area contributed by atoms with E-state index in [0.717, 1.165) is 7.11 Å². The SMILES string of the molecule is COP(=O)(O)O.[H-].[Li+].[Mn]. The van der Waals surface area contributed by atoms with Gasteiger partial charge in [-0.3, -0.25) is 4.52 Å². The molecule has 0 spiro atoms. The summed E-state index contributed by atoms with van der Waals surface area (Å²) in [5.41, 5.74) is 0. The second-order valence-electron chi connectivity index (χ2n) is 0.673. The maximum Gasteiger partial charge on any atom is 1.00 e. The Morgan fingerprint density at radius 3 is 1.75 bits per heavy atom. The maximum atomic E-state index is 9.47. The predicted octanol–water partition coefficient (Wildman–Crippen LogP) is -3.16. The van der Waals surface area contributed by atoms with Gasteiger partial charge < -0.3 is 11.2 Å². The summed E-state index contributed by atoms with van der Waals surface area (Å²) in [5.74, 6) is 0. The summed E-state index contributed by atoms with van der Waals surface area (Å²) in [6, 6.07) is 0. The van der Waals surface area contributed by atoms with Crippen LogP contribution in [-0.4, -0.2) is 16.9 Å². The molecule has 0 aliphatic heterocycles. The van der Waals surface area contributed by atoms with Gasteiger partial charge in [0.2, 0.25) is 0 Å². The third-order valence-corrected chi connectivity index (χ3v) is 0.714. The average molecular weight is 175 g/mol. The van der Waals surface area contributed by atoms with Gasteiger partial charge in [0.05, 0.1) is 0 Å². The van der Waals surface area contributed by atoms with Crippen LogP contribution < -0.4 is 18.9 Å². The monoisotopic (exact) mass is 175 g/mol. The molecule has 0 aromatic heterocycles. The Morgan fingerprint density at radius 2 is 1.75 bits per heavy atom. The van der Waals surface area contributed by atoms with Gasteiger partial charge in [0.25, 0.3) is 0 Å². The molecule has 0 aromatic rings. The van der Waals surface area contributed by atoms with E-state index in [4.69, 9.17) is 9.79 Å². The third-order valence-electron chi connectivity index (χ3n) is 0.238. The van der Waals surface area contributed by atoms with Gasteiger partial charge >= 0.3 is 26.7 Å². The summed E-state index contributed by atoms with van der Waals surface area (Å²) in [6.07, 6.45) is 0. The van der Waals surface area contributed by atoms with Crippen molar-refractivity contribution in [1.29, 1.82) is 0 Å². The van der Waals surface area contributed by atoms with Gasteiger partial charge in [0.1, 0.15) is 0 Å². The molecule has 1 radical (unpaired) electrons. The molecule has 0 aromatic carbocycles. The van der Waals surface area contributed by atoms with E-state index in [9.17, 15) is 4.57 Å². The van der Waals surface area contributed by atoms with E-state index in [0.29, 0.717) is 0 Å². The van der Waals surface area contributed by atoms with Crippen LogP contribution in [0.3, 0.4) is 0 Å². The normalized spacial score (nSPS) is 8.88. The second kappa shape index (κ2) is 6.35. The molecule has 0 fully saturated rings. The molecule has 0 aliphatic rings. The molecule has 7 heteroatoms. The summed E-state index contributed by atoms with van der Waals surface area (Å²) in [7, 11) is -3.20. The van der Waals surface area contributed by atoms with Gasteiger partial charge in [0, 0.05) is 24.2 Å². The van der Waals surface area contributed by atoms with Crippen molar-refractivity contribution in [3.8, 4) is 0 Å². The number of hydrogen-bond donors (Lipinski definition) is 2. The summed E-state index contributed by atoms with van der Waals surface area (Å²) in [4.78, 5) is 15.4. The Hall–Kier alpha value is 1.23. The van der Waals surface area contributed by atoms with E-state index >= 15 is 0 Å².